The standard InChI is InChI=1S/C26H34N2O3S/c1-4-24(26(30)27-21-7-5-6-8-21)28(17-20-11-13-22(31-3)14-12-20)25(29)18-32-23-15-9-19(2)10-16-23/h9-16,21,24H,4-8,17-18H2,1-3H3,(H,27,30). The Labute approximate surface area is 195 Å². The first-order chi connectivity index (χ1) is 15.5. The van der Waals surface area contributed by atoms with E-state index in [9.17, 15) is 9.59 Å². The van der Waals surface area contributed by atoms with Crippen LogP contribution in [0.5, 0.6) is 5.75 Å². The molecule has 0 spiro atoms. The van der Waals surface area contributed by atoms with Gasteiger partial charge in [0.1, 0.15) is 11.8 Å². The molecule has 2 amide bonds. The molecule has 0 aliphatic heterocycles. The first-order valence-electron chi connectivity index (χ1n) is 11.4. The Hall–Kier alpha value is -2.47. The molecule has 5 nitrogen and oxygen atoms in total. The number of benzene rings is 2. The van der Waals surface area contributed by atoms with Crippen LogP contribution in [0.15, 0.2) is 53.4 Å². The van der Waals surface area contributed by atoms with Crippen molar-refractivity contribution < 1.29 is 14.3 Å². The molecule has 1 N–H and O–H groups in total. The van der Waals surface area contributed by atoms with Crippen LogP contribution in [-0.4, -0.2) is 41.7 Å². The van der Waals surface area contributed by atoms with Crippen LogP contribution in [0.1, 0.15) is 50.2 Å². The summed E-state index contributed by atoms with van der Waals surface area (Å²) < 4.78 is 5.25. The molecule has 0 radical (unpaired) electrons. The number of aryl methyl sites for hydroxylation is 1. The fourth-order valence-corrected chi connectivity index (χ4v) is 4.86. The molecule has 1 fully saturated rings. The number of rotatable bonds is 10. The number of hydrogen-bond acceptors (Lipinski definition) is 4. The minimum atomic E-state index is -0.483. The van der Waals surface area contributed by atoms with Crippen molar-refractivity contribution in [2.24, 2.45) is 0 Å². The van der Waals surface area contributed by atoms with Crippen LogP contribution in [0.2, 0.25) is 0 Å². The second-order valence-electron chi connectivity index (χ2n) is 8.39. The summed E-state index contributed by atoms with van der Waals surface area (Å²) in [7, 11) is 1.63. The molecule has 2 aromatic rings. The first kappa shape index (κ1) is 24.2. The number of nitrogens with one attached hydrogen (secondary N) is 1. The normalized spacial score (nSPS) is 14.7. The van der Waals surface area contributed by atoms with Crippen molar-refractivity contribution in [3.05, 3.63) is 59.7 Å². The Morgan fingerprint density at radius 3 is 2.34 bits per heavy atom. The number of amides is 2. The zero-order valence-electron chi connectivity index (χ0n) is 19.3. The second kappa shape index (κ2) is 12.0. The summed E-state index contributed by atoms with van der Waals surface area (Å²) in [5, 5.41) is 3.19. The Bertz CT molecular complexity index is 877. The van der Waals surface area contributed by atoms with Gasteiger partial charge in [0, 0.05) is 17.5 Å². The summed E-state index contributed by atoms with van der Waals surface area (Å²) in [6.07, 6.45) is 4.94. The highest BCUT2D eigenvalue weighted by molar-refractivity contribution is 8.00. The summed E-state index contributed by atoms with van der Waals surface area (Å²) in [6, 6.07) is 15.6. The van der Waals surface area contributed by atoms with E-state index in [1.807, 2.05) is 62.4 Å². The minimum absolute atomic E-state index is 0.0279. The van der Waals surface area contributed by atoms with Gasteiger partial charge in [-0.2, -0.15) is 0 Å². The van der Waals surface area contributed by atoms with Gasteiger partial charge in [-0.3, -0.25) is 9.59 Å². The molecule has 0 aromatic heterocycles. The van der Waals surface area contributed by atoms with Crippen molar-refractivity contribution in [1.29, 1.82) is 0 Å². The van der Waals surface area contributed by atoms with Gasteiger partial charge in [-0.15, -0.1) is 11.8 Å². The summed E-state index contributed by atoms with van der Waals surface area (Å²) in [4.78, 5) is 29.3. The Morgan fingerprint density at radius 1 is 1.09 bits per heavy atom. The number of nitrogens with zero attached hydrogens (tertiary/aromatic N) is 1. The lowest BCUT2D eigenvalue weighted by atomic mass is 10.1. The van der Waals surface area contributed by atoms with Gasteiger partial charge in [0.25, 0.3) is 0 Å². The maximum absolute atomic E-state index is 13.4. The molecule has 1 aliphatic carbocycles. The van der Waals surface area contributed by atoms with Gasteiger partial charge in [-0.1, -0.05) is 49.6 Å². The quantitative estimate of drug-likeness (QED) is 0.516. The van der Waals surface area contributed by atoms with E-state index >= 15 is 0 Å². The van der Waals surface area contributed by atoms with Crippen LogP contribution < -0.4 is 10.1 Å². The summed E-state index contributed by atoms with van der Waals surface area (Å²) in [6.45, 7) is 4.42. The predicted molar refractivity (Wildman–Crippen MR) is 130 cm³/mol. The fraction of sp³-hybridized carbons (Fsp3) is 0.462. The molecular formula is C26H34N2O3S. The van der Waals surface area contributed by atoms with E-state index in [1.165, 1.54) is 17.3 Å². The highest BCUT2D eigenvalue weighted by atomic mass is 32.2. The Kier molecular flexibility index (Phi) is 9.03. The van der Waals surface area contributed by atoms with Gasteiger partial charge in [0.15, 0.2) is 0 Å². The van der Waals surface area contributed by atoms with E-state index in [1.54, 1.807) is 12.0 Å². The minimum Gasteiger partial charge on any atom is -0.497 e. The number of hydrogen-bond donors (Lipinski definition) is 1. The number of methoxy groups -OCH3 is 1. The third-order valence-corrected chi connectivity index (χ3v) is 6.98. The average molecular weight is 455 g/mol. The number of carbonyl (C=O) groups is 2. The third kappa shape index (κ3) is 6.76. The van der Waals surface area contributed by atoms with Crippen LogP contribution in [0.4, 0.5) is 0 Å². The molecule has 1 aliphatic rings. The lowest BCUT2D eigenvalue weighted by Gasteiger charge is -2.31. The molecule has 32 heavy (non-hydrogen) atoms. The second-order valence-corrected chi connectivity index (χ2v) is 9.43. The van der Waals surface area contributed by atoms with Gasteiger partial charge in [0.05, 0.1) is 12.9 Å². The van der Waals surface area contributed by atoms with Crippen LogP contribution in [-0.2, 0) is 16.1 Å². The molecule has 2 aromatic carbocycles. The fourth-order valence-electron chi connectivity index (χ4n) is 4.08. The average Bonchev–Trinajstić information content (AvgIpc) is 3.31. The van der Waals surface area contributed by atoms with E-state index in [4.69, 9.17) is 4.74 Å². The molecule has 0 heterocycles. The topological polar surface area (TPSA) is 58.6 Å². The Balaban J connectivity index is 1.74. The van der Waals surface area contributed by atoms with Crippen molar-refractivity contribution in [3.63, 3.8) is 0 Å². The van der Waals surface area contributed by atoms with E-state index in [0.29, 0.717) is 18.7 Å². The molecule has 3 rings (SSSR count). The molecule has 0 saturated heterocycles. The van der Waals surface area contributed by atoms with Crippen molar-refractivity contribution in [2.75, 3.05) is 12.9 Å². The van der Waals surface area contributed by atoms with E-state index in [-0.39, 0.29) is 17.9 Å². The molecule has 1 unspecified atom stereocenters. The first-order valence-corrected chi connectivity index (χ1v) is 12.4. The maximum Gasteiger partial charge on any atom is 0.243 e. The summed E-state index contributed by atoms with van der Waals surface area (Å²) >= 11 is 1.51. The van der Waals surface area contributed by atoms with Crippen molar-refractivity contribution in [3.8, 4) is 5.75 Å². The monoisotopic (exact) mass is 454 g/mol. The van der Waals surface area contributed by atoms with E-state index in [2.05, 4.69) is 5.32 Å². The van der Waals surface area contributed by atoms with E-state index in [0.717, 1.165) is 41.9 Å². The molecule has 1 atom stereocenters. The molecular weight excluding hydrogens is 420 g/mol. The van der Waals surface area contributed by atoms with Crippen LogP contribution in [0.25, 0.3) is 0 Å². The SMILES string of the molecule is CCC(C(=O)NC1CCCC1)N(Cc1ccc(OC)cc1)C(=O)CSc1ccc(C)cc1. The number of thioether (sulfide) groups is 1. The zero-order valence-corrected chi connectivity index (χ0v) is 20.1. The van der Waals surface area contributed by atoms with Gasteiger partial charge in [-0.25, -0.2) is 0 Å². The van der Waals surface area contributed by atoms with Gasteiger partial charge in [-0.05, 0) is 56.0 Å². The molecule has 6 heteroatoms. The zero-order chi connectivity index (χ0) is 22.9. The largest absolute Gasteiger partial charge is 0.497 e. The molecule has 0 bridgehead atoms. The van der Waals surface area contributed by atoms with Crippen molar-refractivity contribution in [2.45, 2.75) is 69.5 Å². The van der Waals surface area contributed by atoms with Crippen LogP contribution in [0, 0.1) is 6.92 Å². The maximum atomic E-state index is 13.4. The number of carbonyl (C=O) groups excluding carboxylic acids is 2. The summed E-state index contributed by atoms with van der Waals surface area (Å²) in [5.41, 5.74) is 2.17. The highest BCUT2D eigenvalue weighted by Gasteiger charge is 2.30. The van der Waals surface area contributed by atoms with E-state index < -0.39 is 6.04 Å². The van der Waals surface area contributed by atoms with Gasteiger partial charge >= 0.3 is 0 Å². The van der Waals surface area contributed by atoms with Gasteiger partial charge < -0.3 is 15.0 Å². The summed E-state index contributed by atoms with van der Waals surface area (Å²) in [5.74, 6) is 1.00. The highest BCUT2D eigenvalue weighted by Crippen LogP contribution is 2.23. The van der Waals surface area contributed by atoms with Crippen molar-refractivity contribution in [1.82, 2.24) is 10.2 Å². The van der Waals surface area contributed by atoms with Crippen LogP contribution in [0.3, 0.4) is 0 Å². The molecule has 172 valence electrons. The molecule has 1 saturated carbocycles. The third-order valence-electron chi connectivity index (χ3n) is 5.98. The lowest BCUT2D eigenvalue weighted by molar-refractivity contribution is -0.139. The van der Waals surface area contributed by atoms with Crippen LogP contribution >= 0.6 is 11.8 Å². The Morgan fingerprint density at radius 2 is 1.75 bits per heavy atom. The predicted octanol–water partition coefficient (Wildman–Crippen LogP) is 4.96. The smallest absolute Gasteiger partial charge is 0.243 e. The van der Waals surface area contributed by atoms with Gasteiger partial charge in [0.2, 0.25) is 11.8 Å². The van der Waals surface area contributed by atoms with Crippen molar-refractivity contribution >= 4 is 23.6 Å². The lowest BCUT2D eigenvalue weighted by Crippen LogP contribution is -2.51. The number of ether oxygens (including phenoxy) is 1.